The van der Waals surface area contributed by atoms with Crippen LogP contribution in [0.4, 0.5) is 0 Å². The van der Waals surface area contributed by atoms with Crippen molar-refractivity contribution in [1.29, 1.82) is 0 Å². The Morgan fingerprint density at radius 2 is 2.28 bits per heavy atom. The van der Waals surface area contributed by atoms with E-state index in [4.69, 9.17) is 17.3 Å². The summed E-state index contributed by atoms with van der Waals surface area (Å²) >= 11 is 6.13. The molecule has 1 fully saturated rings. The van der Waals surface area contributed by atoms with Gasteiger partial charge in [0.05, 0.1) is 0 Å². The van der Waals surface area contributed by atoms with Crippen molar-refractivity contribution in [2.75, 3.05) is 19.6 Å². The number of likely N-dealkylation sites (tertiary alicyclic amines) is 1. The Kier molecular flexibility index (Phi) is 5.04. The van der Waals surface area contributed by atoms with Crippen LogP contribution in [0.25, 0.3) is 0 Å². The number of halogens is 1. The van der Waals surface area contributed by atoms with E-state index in [1.54, 1.807) is 0 Å². The van der Waals surface area contributed by atoms with Gasteiger partial charge in [0.25, 0.3) is 0 Å². The largest absolute Gasteiger partial charge is 0.330 e. The summed E-state index contributed by atoms with van der Waals surface area (Å²) in [5.41, 5.74) is 7.29. The smallest absolute Gasteiger partial charge is 0.0409 e. The second-order valence-corrected chi connectivity index (χ2v) is 5.61. The molecule has 0 aliphatic carbocycles. The highest BCUT2D eigenvalue weighted by atomic mass is 35.5. The summed E-state index contributed by atoms with van der Waals surface area (Å²) in [6, 6.07) is 8.72. The van der Waals surface area contributed by atoms with E-state index < -0.39 is 0 Å². The van der Waals surface area contributed by atoms with E-state index in [0.29, 0.717) is 12.0 Å². The molecule has 3 heteroatoms. The molecule has 1 aromatic rings. The Bertz CT molecular complexity index is 379. The van der Waals surface area contributed by atoms with Gasteiger partial charge in [0.1, 0.15) is 0 Å². The van der Waals surface area contributed by atoms with Gasteiger partial charge in [-0.25, -0.2) is 0 Å². The molecule has 0 spiro atoms. The van der Waals surface area contributed by atoms with E-state index in [1.165, 1.54) is 31.4 Å². The summed E-state index contributed by atoms with van der Waals surface area (Å²) in [7, 11) is 0. The molecule has 0 bridgehead atoms. The highest BCUT2D eigenvalue weighted by molar-refractivity contribution is 6.30. The molecule has 1 aliphatic rings. The molecular weight excluding hydrogens is 244 g/mol. The molecule has 0 saturated carbocycles. The minimum Gasteiger partial charge on any atom is -0.330 e. The topological polar surface area (TPSA) is 29.3 Å². The molecule has 1 heterocycles. The van der Waals surface area contributed by atoms with Crippen molar-refractivity contribution in [3.8, 4) is 0 Å². The number of rotatable bonds is 4. The molecule has 1 saturated heterocycles. The van der Waals surface area contributed by atoms with Crippen molar-refractivity contribution in [3.63, 3.8) is 0 Å². The molecule has 2 atom stereocenters. The molecule has 1 aromatic carbocycles. The summed E-state index contributed by atoms with van der Waals surface area (Å²) < 4.78 is 0. The third kappa shape index (κ3) is 3.05. The third-order valence-electron chi connectivity index (χ3n) is 3.86. The molecular formula is C15H23ClN2. The molecule has 0 aromatic heterocycles. The average Bonchev–Trinajstić information content (AvgIpc) is 2.38. The number of benzene rings is 1. The highest BCUT2D eigenvalue weighted by Gasteiger charge is 2.31. The van der Waals surface area contributed by atoms with Crippen molar-refractivity contribution in [2.45, 2.75) is 32.2 Å². The van der Waals surface area contributed by atoms with Gasteiger partial charge in [-0.3, -0.25) is 4.90 Å². The van der Waals surface area contributed by atoms with Gasteiger partial charge in [0.2, 0.25) is 0 Å². The van der Waals surface area contributed by atoms with Crippen LogP contribution in [0, 0.1) is 5.92 Å². The third-order valence-corrected chi connectivity index (χ3v) is 4.10. The van der Waals surface area contributed by atoms with Crippen LogP contribution in [0.5, 0.6) is 0 Å². The number of hydrogen-bond acceptors (Lipinski definition) is 2. The first-order valence-corrected chi connectivity index (χ1v) is 7.33. The molecule has 1 aliphatic heterocycles. The molecule has 2 N–H and O–H groups in total. The summed E-state index contributed by atoms with van der Waals surface area (Å²) in [6.45, 7) is 5.33. The molecule has 2 unspecified atom stereocenters. The van der Waals surface area contributed by atoms with Gasteiger partial charge in [-0.2, -0.15) is 0 Å². The normalized spacial score (nSPS) is 25.3. The minimum atomic E-state index is 0.447. The Morgan fingerprint density at radius 1 is 1.44 bits per heavy atom. The Morgan fingerprint density at radius 3 is 2.94 bits per heavy atom. The van der Waals surface area contributed by atoms with Gasteiger partial charge >= 0.3 is 0 Å². The van der Waals surface area contributed by atoms with Crippen LogP contribution >= 0.6 is 11.6 Å². The van der Waals surface area contributed by atoms with Crippen molar-refractivity contribution in [3.05, 3.63) is 34.9 Å². The van der Waals surface area contributed by atoms with E-state index in [2.05, 4.69) is 24.0 Å². The molecule has 0 radical (unpaired) electrons. The van der Waals surface area contributed by atoms with Crippen molar-refractivity contribution in [2.24, 2.45) is 11.7 Å². The highest BCUT2D eigenvalue weighted by Crippen LogP contribution is 2.36. The monoisotopic (exact) mass is 266 g/mol. The lowest BCUT2D eigenvalue weighted by Crippen LogP contribution is -2.41. The molecule has 100 valence electrons. The number of nitrogens with zero attached hydrogens (tertiary/aromatic N) is 1. The van der Waals surface area contributed by atoms with Gasteiger partial charge < -0.3 is 5.73 Å². The summed E-state index contributed by atoms with van der Waals surface area (Å²) in [5, 5.41) is 0.824. The van der Waals surface area contributed by atoms with Crippen LogP contribution in [0.1, 0.15) is 37.8 Å². The molecule has 0 amide bonds. The maximum Gasteiger partial charge on any atom is 0.0409 e. The maximum absolute atomic E-state index is 6.13. The molecule has 18 heavy (non-hydrogen) atoms. The average molecular weight is 267 g/mol. The lowest BCUT2D eigenvalue weighted by Gasteiger charge is -2.41. The first-order valence-electron chi connectivity index (χ1n) is 6.95. The lowest BCUT2D eigenvalue weighted by molar-refractivity contribution is 0.0960. The fourth-order valence-corrected chi connectivity index (χ4v) is 3.31. The first-order chi connectivity index (χ1) is 8.76. The van der Waals surface area contributed by atoms with Crippen LogP contribution in [-0.4, -0.2) is 24.5 Å². The maximum atomic E-state index is 6.13. The van der Waals surface area contributed by atoms with E-state index in [0.717, 1.165) is 18.1 Å². The first kappa shape index (κ1) is 13.9. The lowest BCUT2D eigenvalue weighted by atomic mass is 9.84. The number of piperidine rings is 1. The van der Waals surface area contributed by atoms with Gasteiger partial charge in [0.15, 0.2) is 0 Å². The zero-order valence-electron chi connectivity index (χ0n) is 11.1. The van der Waals surface area contributed by atoms with Crippen LogP contribution in [0.2, 0.25) is 5.02 Å². The quantitative estimate of drug-likeness (QED) is 0.904. The summed E-state index contributed by atoms with van der Waals surface area (Å²) in [4.78, 5) is 2.58. The predicted octanol–water partition coefficient (Wildman–Crippen LogP) is 3.46. The van der Waals surface area contributed by atoms with Crippen LogP contribution < -0.4 is 5.73 Å². The Labute approximate surface area is 115 Å². The van der Waals surface area contributed by atoms with Crippen molar-refractivity contribution >= 4 is 11.6 Å². The second-order valence-electron chi connectivity index (χ2n) is 5.17. The standard InChI is InChI=1S/C15H23ClN2/c1-2-8-18-9-4-6-13(11-17)15(18)12-5-3-7-14(16)10-12/h3,5,7,10,13,15H,2,4,6,8-9,11,17H2,1H3. The number of hydrogen-bond donors (Lipinski definition) is 1. The van der Waals surface area contributed by atoms with Gasteiger partial charge in [-0.1, -0.05) is 30.7 Å². The Hall–Kier alpha value is -0.570. The van der Waals surface area contributed by atoms with Crippen molar-refractivity contribution < 1.29 is 0 Å². The van der Waals surface area contributed by atoms with Crippen LogP contribution in [0.3, 0.4) is 0 Å². The van der Waals surface area contributed by atoms with Gasteiger partial charge in [-0.05, 0) is 62.5 Å². The van der Waals surface area contributed by atoms with E-state index >= 15 is 0 Å². The fraction of sp³-hybridized carbons (Fsp3) is 0.600. The van der Waals surface area contributed by atoms with E-state index in [9.17, 15) is 0 Å². The zero-order chi connectivity index (χ0) is 13.0. The molecule has 2 nitrogen and oxygen atoms in total. The zero-order valence-corrected chi connectivity index (χ0v) is 11.9. The van der Waals surface area contributed by atoms with Gasteiger partial charge in [-0.15, -0.1) is 0 Å². The van der Waals surface area contributed by atoms with Crippen LogP contribution in [0.15, 0.2) is 24.3 Å². The van der Waals surface area contributed by atoms with Gasteiger partial charge in [0, 0.05) is 11.1 Å². The van der Waals surface area contributed by atoms with Crippen molar-refractivity contribution in [1.82, 2.24) is 4.90 Å². The SMILES string of the molecule is CCCN1CCCC(CN)C1c1cccc(Cl)c1. The minimum absolute atomic E-state index is 0.447. The fourth-order valence-electron chi connectivity index (χ4n) is 3.11. The number of nitrogens with two attached hydrogens (primary N) is 1. The van der Waals surface area contributed by atoms with Crippen LogP contribution in [-0.2, 0) is 0 Å². The Balaban J connectivity index is 2.27. The van der Waals surface area contributed by atoms with E-state index in [-0.39, 0.29) is 0 Å². The van der Waals surface area contributed by atoms with E-state index in [1.807, 2.05) is 12.1 Å². The molecule has 2 rings (SSSR count). The second kappa shape index (κ2) is 6.55. The summed E-state index contributed by atoms with van der Waals surface area (Å²) in [6.07, 6.45) is 3.68. The predicted molar refractivity (Wildman–Crippen MR) is 77.8 cm³/mol. The summed E-state index contributed by atoms with van der Waals surface area (Å²) in [5.74, 6) is 0.559.